The van der Waals surface area contributed by atoms with Gasteiger partial charge >= 0.3 is 5.97 Å². The molecule has 0 aliphatic rings. The number of carbonyl (C=O) groups is 1. The molecule has 2 aromatic heterocycles. The van der Waals surface area contributed by atoms with Crippen LogP contribution >= 0.6 is 11.6 Å². The van der Waals surface area contributed by atoms with Gasteiger partial charge in [-0.15, -0.1) is 0 Å². The van der Waals surface area contributed by atoms with Gasteiger partial charge in [-0.05, 0) is 17.5 Å². The highest BCUT2D eigenvalue weighted by molar-refractivity contribution is 6.28. The fourth-order valence-electron chi connectivity index (χ4n) is 1.86. The third-order valence-corrected chi connectivity index (χ3v) is 3.04. The van der Waals surface area contributed by atoms with Gasteiger partial charge in [-0.25, -0.2) is 9.78 Å². The normalized spacial score (nSPS) is 11.2. The number of nitrogens with zero attached hydrogens (tertiary/aromatic N) is 4. The minimum absolute atomic E-state index is 0.0919. The van der Waals surface area contributed by atoms with Crippen molar-refractivity contribution in [3.05, 3.63) is 11.5 Å². The summed E-state index contributed by atoms with van der Waals surface area (Å²) in [6.45, 7) is 4.95. The van der Waals surface area contributed by atoms with Crippen molar-refractivity contribution in [2.45, 2.75) is 20.4 Å². The maximum Gasteiger partial charge on any atom is 0.332 e. The van der Waals surface area contributed by atoms with E-state index in [-0.39, 0.29) is 17.9 Å². The Bertz CT molecular complexity index is 674. The molecule has 8 nitrogen and oxygen atoms in total. The van der Waals surface area contributed by atoms with Crippen LogP contribution in [0.4, 0.5) is 0 Å². The van der Waals surface area contributed by atoms with Gasteiger partial charge in [0.25, 0.3) is 0 Å². The fraction of sp³-hybridized carbons (Fsp3) is 0.571. The summed E-state index contributed by atoms with van der Waals surface area (Å²) in [6, 6.07) is 0. The van der Waals surface area contributed by atoms with Gasteiger partial charge in [0.2, 0.25) is 11.2 Å². The quantitative estimate of drug-likeness (QED) is 0.410. The van der Waals surface area contributed by atoms with Crippen LogP contribution < -0.4 is 4.74 Å². The number of carbonyl (C=O) groups excluding carboxylic acids is 1. The maximum atomic E-state index is 11.4. The summed E-state index contributed by atoms with van der Waals surface area (Å²) in [5, 5.41) is 4.30. The molecule has 0 saturated heterocycles. The molecule has 0 unspecified atom stereocenters. The molecule has 0 saturated carbocycles. The lowest BCUT2D eigenvalue weighted by Crippen LogP contribution is -2.17. The predicted octanol–water partition coefficient (Wildman–Crippen LogP) is 1.70. The maximum absolute atomic E-state index is 11.4. The Morgan fingerprint density at radius 1 is 1.39 bits per heavy atom. The minimum Gasteiger partial charge on any atom is -0.479 e. The zero-order valence-electron chi connectivity index (χ0n) is 13.3. The first-order valence-corrected chi connectivity index (χ1v) is 7.55. The van der Waals surface area contributed by atoms with Crippen LogP contribution in [0.3, 0.4) is 0 Å². The molecule has 0 N–H and O–H groups in total. The van der Waals surface area contributed by atoms with E-state index >= 15 is 0 Å². The van der Waals surface area contributed by atoms with Gasteiger partial charge in [0, 0.05) is 0 Å². The SMILES string of the molecule is COc1nc(Cl)nc2cnn(CCOCC(=O)OCC(C)C)c12. The van der Waals surface area contributed by atoms with Gasteiger partial charge in [-0.3, -0.25) is 4.68 Å². The third-order valence-electron chi connectivity index (χ3n) is 2.87. The molecule has 0 amide bonds. The first-order chi connectivity index (χ1) is 11.0. The van der Waals surface area contributed by atoms with Crippen LogP contribution in [-0.2, 0) is 20.8 Å². The summed E-state index contributed by atoms with van der Waals surface area (Å²) in [4.78, 5) is 19.5. The summed E-state index contributed by atoms with van der Waals surface area (Å²) in [5.41, 5.74) is 1.21. The Morgan fingerprint density at radius 2 is 2.17 bits per heavy atom. The van der Waals surface area contributed by atoms with Crippen LogP contribution in [0, 0.1) is 5.92 Å². The van der Waals surface area contributed by atoms with E-state index < -0.39 is 0 Å². The molecule has 0 radical (unpaired) electrons. The molecule has 23 heavy (non-hydrogen) atoms. The van der Waals surface area contributed by atoms with Gasteiger partial charge in [0.15, 0.2) is 0 Å². The number of esters is 1. The average Bonchev–Trinajstić information content (AvgIpc) is 2.91. The van der Waals surface area contributed by atoms with E-state index in [1.54, 1.807) is 10.9 Å². The van der Waals surface area contributed by atoms with E-state index in [1.165, 1.54) is 7.11 Å². The van der Waals surface area contributed by atoms with Crippen LogP contribution in [-0.4, -0.2) is 52.6 Å². The number of methoxy groups -OCH3 is 1. The molecule has 0 bridgehead atoms. The van der Waals surface area contributed by atoms with Crippen molar-refractivity contribution in [1.82, 2.24) is 19.7 Å². The zero-order chi connectivity index (χ0) is 16.8. The number of aromatic nitrogens is 4. The molecule has 0 fully saturated rings. The molecule has 0 spiro atoms. The second-order valence-corrected chi connectivity index (χ2v) is 5.57. The first-order valence-electron chi connectivity index (χ1n) is 7.17. The molecule has 2 heterocycles. The molecule has 0 aliphatic heterocycles. The van der Waals surface area contributed by atoms with Gasteiger partial charge in [-0.2, -0.15) is 10.1 Å². The minimum atomic E-state index is -0.378. The zero-order valence-corrected chi connectivity index (χ0v) is 14.0. The number of hydrogen-bond donors (Lipinski definition) is 0. The second kappa shape index (κ2) is 8.07. The van der Waals surface area contributed by atoms with Crippen molar-refractivity contribution in [2.75, 3.05) is 26.9 Å². The lowest BCUT2D eigenvalue weighted by atomic mass is 10.2. The number of halogens is 1. The number of ether oxygens (including phenoxy) is 3. The van der Waals surface area contributed by atoms with Crippen molar-refractivity contribution in [2.24, 2.45) is 5.92 Å². The topological polar surface area (TPSA) is 88.4 Å². The van der Waals surface area contributed by atoms with Crippen molar-refractivity contribution in [3.8, 4) is 5.88 Å². The van der Waals surface area contributed by atoms with Crippen LogP contribution in [0.5, 0.6) is 5.88 Å². The van der Waals surface area contributed by atoms with Crippen LogP contribution in [0.25, 0.3) is 11.0 Å². The molecule has 2 rings (SSSR count). The van der Waals surface area contributed by atoms with E-state index in [0.29, 0.717) is 42.6 Å². The molecule has 9 heteroatoms. The van der Waals surface area contributed by atoms with Crippen LogP contribution in [0.2, 0.25) is 5.28 Å². The summed E-state index contributed by atoms with van der Waals surface area (Å²) in [7, 11) is 1.50. The number of fused-ring (bicyclic) bond motifs is 1. The van der Waals surface area contributed by atoms with Crippen LogP contribution in [0.15, 0.2) is 6.20 Å². The monoisotopic (exact) mass is 342 g/mol. The van der Waals surface area contributed by atoms with Crippen molar-refractivity contribution >= 4 is 28.6 Å². The molecular formula is C14H19ClN4O4. The summed E-state index contributed by atoms with van der Waals surface area (Å²) in [5.74, 6) is 0.263. The molecule has 126 valence electrons. The molecule has 2 aromatic rings. The van der Waals surface area contributed by atoms with Gasteiger partial charge in [0.05, 0.1) is 33.1 Å². The average molecular weight is 343 g/mol. The summed E-state index contributed by atoms with van der Waals surface area (Å²) >= 11 is 5.81. The van der Waals surface area contributed by atoms with E-state index in [9.17, 15) is 4.79 Å². The largest absolute Gasteiger partial charge is 0.479 e. The number of hydrogen-bond acceptors (Lipinski definition) is 7. The summed E-state index contributed by atoms with van der Waals surface area (Å²) < 4.78 is 17.2. The highest BCUT2D eigenvalue weighted by Gasteiger charge is 2.13. The smallest absolute Gasteiger partial charge is 0.332 e. The van der Waals surface area contributed by atoms with Crippen molar-refractivity contribution in [1.29, 1.82) is 0 Å². The van der Waals surface area contributed by atoms with Crippen molar-refractivity contribution < 1.29 is 19.0 Å². The molecule has 0 aliphatic carbocycles. The third kappa shape index (κ3) is 4.77. The summed E-state index contributed by atoms with van der Waals surface area (Å²) in [6.07, 6.45) is 1.57. The lowest BCUT2D eigenvalue weighted by Gasteiger charge is -2.09. The Kier molecular flexibility index (Phi) is 6.12. The Labute approximate surface area is 138 Å². The second-order valence-electron chi connectivity index (χ2n) is 5.23. The Hall–Kier alpha value is -1.93. The lowest BCUT2D eigenvalue weighted by molar-refractivity contribution is -0.150. The molecule has 0 atom stereocenters. The van der Waals surface area contributed by atoms with E-state index in [0.717, 1.165) is 0 Å². The standard InChI is InChI=1S/C14H19ClN4O4/c1-9(2)7-23-11(20)8-22-5-4-19-12-10(6-16-19)17-14(15)18-13(12)21-3/h6,9H,4-5,7-8H2,1-3H3. The van der Waals surface area contributed by atoms with Gasteiger partial charge < -0.3 is 14.2 Å². The van der Waals surface area contributed by atoms with E-state index in [1.807, 2.05) is 13.8 Å². The van der Waals surface area contributed by atoms with E-state index in [4.69, 9.17) is 25.8 Å². The highest BCUT2D eigenvalue weighted by atomic mass is 35.5. The number of rotatable bonds is 8. The van der Waals surface area contributed by atoms with Crippen LogP contribution in [0.1, 0.15) is 13.8 Å². The highest BCUT2D eigenvalue weighted by Crippen LogP contribution is 2.23. The molecule has 0 aromatic carbocycles. The first kappa shape index (κ1) is 17.4. The molecular weight excluding hydrogens is 324 g/mol. The predicted molar refractivity (Wildman–Crippen MR) is 83.5 cm³/mol. The fourth-order valence-corrected chi connectivity index (χ4v) is 2.03. The van der Waals surface area contributed by atoms with Gasteiger partial charge in [0.1, 0.15) is 17.6 Å². The van der Waals surface area contributed by atoms with E-state index in [2.05, 4.69) is 15.1 Å². The Morgan fingerprint density at radius 3 is 2.87 bits per heavy atom. The Balaban J connectivity index is 1.89. The van der Waals surface area contributed by atoms with Crippen molar-refractivity contribution in [3.63, 3.8) is 0 Å². The van der Waals surface area contributed by atoms with Gasteiger partial charge in [-0.1, -0.05) is 13.8 Å².